The molecule has 1 saturated heterocycles. The molecule has 1 aliphatic heterocycles. The van der Waals surface area contributed by atoms with Crippen LogP contribution in [-0.4, -0.2) is 25.0 Å². The Morgan fingerprint density at radius 2 is 2.10 bits per heavy atom. The molecule has 1 aromatic carbocycles. The fourth-order valence-electron chi connectivity index (χ4n) is 2.08. The van der Waals surface area contributed by atoms with E-state index in [1.165, 1.54) is 12.1 Å². The fourth-order valence-corrected chi connectivity index (χ4v) is 2.08. The van der Waals surface area contributed by atoms with Crippen molar-refractivity contribution in [1.29, 1.82) is 0 Å². The molecule has 1 aliphatic rings. The van der Waals surface area contributed by atoms with Crippen molar-refractivity contribution in [2.24, 2.45) is 0 Å². The molecule has 0 unspecified atom stereocenters. The van der Waals surface area contributed by atoms with Crippen LogP contribution in [0.1, 0.15) is 28.8 Å². The summed E-state index contributed by atoms with van der Waals surface area (Å²) in [6.45, 7) is 1.57. The van der Waals surface area contributed by atoms with Gasteiger partial charge in [-0.25, -0.2) is 0 Å². The fraction of sp³-hybridized carbons (Fsp3) is 0.462. The van der Waals surface area contributed by atoms with Crippen LogP contribution in [0.4, 0.5) is 13.2 Å². The third kappa shape index (κ3) is 4.38. The van der Waals surface area contributed by atoms with E-state index in [2.05, 4.69) is 10.6 Å². The molecule has 1 atom stereocenters. The Morgan fingerprint density at radius 3 is 2.70 bits per heavy atom. The van der Waals surface area contributed by atoms with Gasteiger partial charge in [0.1, 0.15) is 0 Å². The van der Waals surface area contributed by atoms with Gasteiger partial charge in [0.2, 0.25) is 0 Å². The van der Waals surface area contributed by atoms with E-state index >= 15 is 0 Å². The first-order chi connectivity index (χ1) is 8.97. The van der Waals surface area contributed by atoms with Gasteiger partial charge in [-0.3, -0.25) is 4.79 Å². The lowest BCUT2D eigenvalue weighted by Gasteiger charge is -2.23. The molecule has 1 amide bonds. The van der Waals surface area contributed by atoms with E-state index in [9.17, 15) is 18.0 Å². The Kier molecular flexibility index (Phi) is 5.83. The molecule has 1 heterocycles. The average Bonchev–Trinajstić information content (AvgIpc) is 2.39. The summed E-state index contributed by atoms with van der Waals surface area (Å²) < 4.78 is 37.6. The van der Waals surface area contributed by atoms with Crippen LogP contribution in [0, 0.1) is 0 Å². The van der Waals surface area contributed by atoms with Crippen LogP contribution in [-0.2, 0) is 6.18 Å². The number of amides is 1. The highest BCUT2D eigenvalue weighted by atomic mass is 35.5. The van der Waals surface area contributed by atoms with E-state index in [1.807, 2.05) is 0 Å². The Bertz CT molecular complexity index is 459. The Morgan fingerprint density at radius 1 is 1.35 bits per heavy atom. The molecule has 0 spiro atoms. The molecule has 0 radical (unpaired) electrons. The number of nitrogens with one attached hydrogen (secondary N) is 2. The molecule has 7 heteroatoms. The summed E-state index contributed by atoms with van der Waals surface area (Å²) >= 11 is 0. The molecule has 2 N–H and O–H groups in total. The van der Waals surface area contributed by atoms with Gasteiger partial charge < -0.3 is 10.6 Å². The second kappa shape index (κ2) is 6.95. The molecule has 1 aromatic rings. The lowest BCUT2D eigenvalue weighted by atomic mass is 10.1. The summed E-state index contributed by atoms with van der Waals surface area (Å²) in [5, 5.41) is 5.88. The number of hydrogen-bond donors (Lipinski definition) is 2. The van der Waals surface area contributed by atoms with Gasteiger partial charge in [0, 0.05) is 18.2 Å². The Labute approximate surface area is 121 Å². The van der Waals surface area contributed by atoms with Gasteiger partial charge >= 0.3 is 6.18 Å². The molecule has 20 heavy (non-hydrogen) atoms. The number of piperidine rings is 1. The standard InChI is InChI=1S/C13H15F3N2O.ClH/c14-13(15,16)10-4-1-3-9(7-10)12(19)18-11-5-2-6-17-8-11;/h1,3-4,7,11,17H,2,5-6,8H2,(H,18,19);1H/t11-;/m0./s1. The van der Waals surface area contributed by atoms with Crippen molar-refractivity contribution in [2.75, 3.05) is 13.1 Å². The SMILES string of the molecule is Cl.O=C(N[C@H]1CCCNC1)c1cccc(C(F)(F)F)c1. The maximum Gasteiger partial charge on any atom is 0.416 e. The highest BCUT2D eigenvalue weighted by Crippen LogP contribution is 2.29. The predicted molar refractivity (Wildman–Crippen MR) is 72.0 cm³/mol. The third-order valence-electron chi connectivity index (χ3n) is 3.08. The van der Waals surface area contributed by atoms with E-state index in [1.54, 1.807) is 0 Å². The van der Waals surface area contributed by atoms with Gasteiger partial charge in [0.25, 0.3) is 5.91 Å². The van der Waals surface area contributed by atoms with Crippen LogP contribution in [0.5, 0.6) is 0 Å². The van der Waals surface area contributed by atoms with Gasteiger partial charge in [-0.2, -0.15) is 13.2 Å². The zero-order chi connectivity index (χ0) is 13.9. The molecular formula is C13H16ClF3N2O. The van der Waals surface area contributed by atoms with Crippen molar-refractivity contribution in [3.05, 3.63) is 35.4 Å². The summed E-state index contributed by atoms with van der Waals surface area (Å²) in [7, 11) is 0. The van der Waals surface area contributed by atoms with Gasteiger partial charge in [-0.1, -0.05) is 6.07 Å². The molecule has 0 bridgehead atoms. The van der Waals surface area contributed by atoms with E-state index in [0.29, 0.717) is 6.54 Å². The minimum atomic E-state index is -4.43. The van der Waals surface area contributed by atoms with E-state index in [-0.39, 0.29) is 24.0 Å². The van der Waals surface area contributed by atoms with Crippen LogP contribution in [0.3, 0.4) is 0 Å². The third-order valence-corrected chi connectivity index (χ3v) is 3.08. The molecule has 2 rings (SSSR count). The molecule has 3 nitrogen and oxygen atoms in total. The first-order valence-electron chi connectivity index (χ1n) is 6.15. The van der Waals surface area contributed by atoms with Crippen LogP contribution in [0.2, 0.25) is 0 Å². The van der Waals surface area contributed by atoms with Gasteiger partial charge in [0.05, 0.1) is 5.56 Å². The number of carbonyl (C=O) groups is 1. The minimum absolute atomic E-state index is 0. The highest BCUT2D eigenvalue weighted by Gasteiger charge is 2.31. The van der Waals surface area contributed by atoms with Gasteiger partial charge in [-0.15, -0.1) is 12.4 Å². The van der Waals surface area contributed by atoms with E-state index in [4.69, 9.17) is 0 Å². The number of benzene rings is 1. The quantitative estimate of drug-likeness (QED) is 0.882. The minimum Gasteiger partial charge on any atom is -0.348 e. The first-order valence-corrected chi connectivity index (χ1v) is 6.15. The largest absolute Gasteiger partial charge is 0.416 e. The van der Waals surface area contributed by atoms with Crippen molar-refractivity contribution in [1.82, 2.24) is 10.6 Å². The van der Waals surface area contributed by atoms with Crippen molar-refractivity contribution in [3.8, 4) is 0 Å². The van der Waals surface area contributed by atoms with Crippen LogP contribution < -0.4 is 10.6 Å². The Balaban J connectivity index is 0.00000200. The zero-order valence-corrected chi connectivity index (χ0v) is 11.5. The van der Waals surface area contributed by atoms with Crippen LogP contribution in [0.25, 0.3) is 0 Å². The van der Waals surface area contributed by atoms with Gasteiger partial charge in [0.15, 0.2) is 0 Å². The van der Waals surface area contributed by atoms with Crippen molar-refractivity contribution in [3.63, 3.8) is 0 Å². The van der Waals surface area contributed by atoms with Crippen LogP contribution in [0.15, 0.2) is 24.3 Å². The van der Waals surface area contributed by atoms with Crippen LogP contribution >= 0.6 is 12.4 Å². The predicted octanol–water partition coefficient (Wildman–Crippen LogP) is 2.61. The Hall–Kier alpha value is -1.27. The smallest absolute Gasteiger partial charge is 0.348 e. The number of halogens is 4. The highest BCUT2D eigenvalue weighted by molar-refractivity contribution is 5.94. The van der Waals surface area contributed by atoms with Crippen molar-refractivity contribution < 1.29 is 18.0 Å². The molecule has 112 valence electrons. The maximum absolute atomic E-state index is 12.5. The lowest BCUT2D eigenvalue weighted by molar-refractivity contribution is -0.137. The summed E-state index contributed by atoms with van der Waals surface area (Å²) in [6, 6.07) is 4.46. The molecule has 0 aromatic heterocycles. The topological polar surface area (TPSA) is 41.1 Å². The molecule has 0 aliphatic carbocycles. The number of alkyl halides is 3. The van der Waals surface area contributed by atoms with E-state index in [0.717, 1.165) is 31.5 Å². The van der Waals surface area contributed by atoms with Gasteiger partial charge in [-0.05, 0) is 37.6 Å². The maximum atomic E-state index is 12.5. The molecule has 0 saturated carbocycles. The van der Waals surface area contributed by atoms with Crippen molar-refractivity contribution in [2.45, 2.75) is 25.1 Å². The zero-order valence-electron chi connectivity index (χ0n) is 10.7. The second-order valence-electron chi connectivity index (χ2n) is 4.60. The summed E-state index contributed by atoms with van der Waals surface area (Å²) in [5.41, 5.74) is -0.762. The van der Waals surface area contributed by atoms with Crippen molar-refractivity contribution >= 4 is 18.3 Å². The summed E-state index contributed by atoms with van der Waals surface area (Å²) in [4.78, 5) is 11.9. The monoisotopic (exact) mass is 308 g/mol. The first kappa shape index (κ1) is 16.8. The second-order valence-corrected chi connectivity index (χ2v) is 4.60. The average molecular weight is 309 g/mol. The molecule has 1 fully saturated rings. The molecular weight excluding hydrogens is 293 g/mol. The lowest BCUT2D eigenvalue weighted by Crippen LogP contribution is -2.45. The summed E-state index contributed by atoms with van der Waals surface area (Å²) in [6.07, 6.45) is -2.63. The number of hydrogen-bond acceptors (Lipinski definition) is 2. The summed E-state index contributed by atoms with van der Waals surface area (Å²) in [5.74, 6) is -0.459. The van der Waals surface area contributed by atoms with E-state index < -0.39 is 17.6 Å². The number of carbonyl (C=O) groups excluding carboxylic acids is 1. The number of rotatable bonds is 2. The normalized spacial score (nSPS) is 19.1.